The Balaban J connectivity index is 0.000000214. The van der Waals surface area contributed by atoms with Crippen LogP contribution in [-0.2, 0) is 32.9 Å². The Morgan fingerprint density at radius 3 is 2.08 bits per heavy atom. The molecule has 0 saturated carbocycles. The van der Waals surface area contributed by atoms with Crippen molar-refractivity contribution in [3.63, 3.8) is 0 Å². The minimum atomic E-state index is -2.44. The quantitative estimate of drug-likeness (QED) is 0.156. The summed E-state index contributed by atoms with van der Waals surface area (Å²) in [6.07, 6.45) is -0.0388. The van der Waals surface area contributed by atoms with E-state index in [4.69, 9.17) is 18.1 Å². The number of aryl methyl sites for hydroxylation is 2. The molecule has 3 nitrogen and oxygen atoms in total. The number of furan rings is 1. The van der Waals surface area contributed by atoms with Gasteiger partial charge in [0.25, 0.3) is 0 Å². The van der Waals surface area contributed by atoms with Crippen molar-refractivity contribution in [3.05, 3.63) is 180 Å². The van der Waals surface area contributed by atoms with E-state index in [-0.39, 0.29) is 31.2 Å². The van der Waals surface area contributed by atoms with Crippen LogP contribution >= 0.6 is 0 Å². The van der Waals surface area contributed by atoms with Gasteiger partial charge in [-0.05, 0) is 86.6 Å². The first kappa shape index (κ1) is 31.2. The predicted octanol–water partition coefficient (Wildman–Crippen LogP) is 15.3. The molecule has 4 heteroatoms. The van der Waals surface area contributed by atoms with Crippen molar-refractivity contribution in [1.82, 2.24) is 9.97 Å². The molecular weight excluding hydrogens is 909 g/mol. The van der Waals surface area contributed by atoms with Gasteiger partial charge in [0.2, 0.25) is 0 Å². The van der Waals surface area contributed by atoms with Crippen LogP contribution in [0.15, 0.2) is 150 Å². The van der Waals surface area contributed by atoms with Gasteiger partial charge < -0.3 is 14.4 Å². The van der Waals surface area contributed by atoms with Gasteiger partial charge in [-0.2, -0.15) is 0 Å². The molecule has 0 spiro atoms. The first-order valence-corrected chi connectivity index (χ1v) is 19.7. The molecule has 9 rings (SSSR count). The predicted molar refractivity (Wildman–Crippen MR) is 248 cm³/mol. The van der Waals surface area contributed by atoms with Gasteiger partial charge >= 0.3 is 0 Å². The molecular formula is C56H52IrN2O-2. The number of pyridine rings is 2. The molecule has 1 radical (unpaired) electrons. The molecule has 3 heterocycles. The Morgan fingerprint density at radius 2 is 1.33 bits per heavy atom. The molecule has 0 fully saturated rings. The van der Waals surface area contributed by atoms with Crippen LogP contribution in [0.1, 0.15) is 77.5 Å². The van der Waals surface area contributed by atoms with Crippen molar-refractivity contribution in [2.75, 3.05) is 0 Å². The fraction of sp³-hybridized carbons (Fsp3) is 0.214. The number of nitrogens with zero attached hydrogens (tertiary/aromatic N) is 2. The summed E-state index contributed by atoms with van der Waals surface area (Å²) >= 11 is 0. The van der Waals surface area contributed by atoms with Crippen LogP contribution in [0.4, 0.5) is 0 Å². The third kappa shape index (κ3) is 9.52. The molecule has 0 aliphatic rings. The largest absolute Gasteiger partial charge is 0.500 e. The molecule has 0 unspecified atom stereocenters. The molecule has 0 amide bonds. The molecule has 0 saturated heterocycles. The second-order valence-electron chi connectivity index (χ2n) is 16.8. The SMILES string of the molecule is [2H]C([2H])([2H])c1c[c-]c(-c2ccc(C([2H])([2H])C(C)(C)C)cn2)cc1-c1ccccc1.[2H]C([2H])([2H])c1cc(C([2H])([2H])C(C)(C)C)ccc1-c1ccnc(-c2[c-]ccc3c2oc2c4ccccc4ccc32)c1.[Ir]. The van der Waals surface area contributed by atoms with Gasteiger partial charge in [-0.3, -0.25) is 0 Å². The van der Waals surface area contributed by atoms with Crippen LogP contribution in [0, 0.1) is 36.7 Å². The zero-order valence-corrected chi connectivity index (χ0v) is 36.9. The summed E-state index contributed by atoms with van der Waals surface area (Å²) < 4.78 is 88.9. The van der Waals surface area contributed by atoms with Crippen LogP contribution in [0.3, 0.4) is 0 Å². The summed E-state index contributed by atoms with van der Waals surface area (Å²) in [6, 6.07) is 47.1. The molecule has 0 aliphatic carbocycles. The number of aromatic nitrogens is 2. The molecule has 0 atom stereocenters. The van der Waals surface area contributed by atoms with E-state index < -0.39 is 37.3 Å². The molecule has 0 N–H and O–H groups in total. The molecule has 60 heavy (non-hydrogen) atoms. The van der Waals surface area contributed by atoms with Gasteiger partial charge in [-0.25, -0.2) is 0 Å². The first-order valence-electron chi connectivity index (χ1n) is 24.7. The van der Waals surface area contributed by atoms with Crippen molar-refractivity contribution in [1.29, 1.82) is 0 Å². The van der Waals surface area contributed by atoms with Gasteiger partial charge in [0.15, 0.2) is 0 Å². The number of hydrogen-bond acceptors (Lipinski definition) is 3. The van der Waals surface area contributed by atoms with Crippen molar-refractivity contribution in [2.45, 2.75) is 68.0 Å². The average molecular weight is 971 g/mol. The number of fused-ring (bicyclic) bond motifs is 5. The van der Waals surface area contributed by atoms with E-state index in [0.29, 0.717) is 55.9 Å². The maximum atomic E-state index is 8.67. The van der Waals surface area contributed by atoms with Gasteiger partial charge in [-0.1, -0.05) is 168 Å². The van der Waals surface area contributed by atoms with E-state index in [1.165, 1.54) is 12.1 Å². The van der Waals surface area contributed by atoms with Crippen molar-refractivity contribution in [2.24, 2.45) is 10.8 Å². The van der Waals surface area contributed by atoms with Crippen LogP contribution in [0.25, 0.3) is 77.5 Å². The van der Waals surface area contributed by atoms with Gasteiger partial charge in [-0.15, -0.1) is 47.5 Å². The maximum Gasteiger partial charge on any atom is 0.128 e. The maximum absolute atomic E-state index is 8.67. The van der Waals surface area contributed by atoms with Crippen molar-refractivity contribution >= 4 is 32.7 Å². The number of benzene rings is 6. The van der Waals surface area contributed by atoms with Crippen LogP contribution in [0.2, 0.25) is 0 Å². The molecule has 0 bridgehead atoms. The Kier molecular flexibility index (Phi) is 9.12. The zero-order chi connectivity index (χ0) is 49.9. The molecule has 0 aliphatic heterocycles. The molecule has 303 valence electrons. The number of hydrogen-bond donors (Lipinski definition) is 0. The standard InChI is InChI=1S/C33H28NO.C23H24N.Ir/c1-21-18-22(20-33(2,3)4)12-14-25(21)24-16-17-34-30(19-24)29-11-7-10-27-28-15-13-23-8-5-6-9-26(23)31(28)35-32(27)29;1-17-10-12-20(14-21(17)19-8-6-5-7-9-19)22-13-11-18(16-24-22)15-23(2,3)4;/h5-10,12-19H,20H2,1-4H3;5-11,13-14,16H,15H2,1-4H3;/q2*-1;/i1D3,20D2;1D3,15D2;. The topological polar surface area (TPSA) is 38.9 Å². The second-order valence-corrected chi connectivity index (χ2v) is 16.8. The fourth-order valence-corrected chi connectivity index (χ4v) is 7.26. The van der Waals surface area contributed by atoms with Gasteiger partial charge in [0.05, 0.1) is 5.58 Å². The van der Waals surface area contributed by atoms with Gasteiger partial charge in [0.1, 0.15) is 5.58 Å². The second kappa shape index (κ2) is 17.5. The first-order chi connectivity index (χ1) is 32.3. The Bertz CT molecular complexity index is 3330. The molecule has 6 aromatic carbocycles. The zero-order valence-electron chi connectivity index (χ0n) is 44.5. The van der Waals surface area contributed by atoms with E-state index in [1.54, 1.807) is 48.8 Å². The van der Waals surface area contributed by atoms with E-state index in [0.717, 1.165) is 32.7 Å². The van der Waals surface area contributed by atoms with Crippen LogP contribution in [-0.4, -0.2) is 9.97 Å². The third-order valence-electron chi connectivity index (χ3n) is 9.78. The molecule has 9 aromatic rings. The van der Waals surface area contributed by atoms with E-state index in [9.17, 15) is 0 Å². The molecule has 3 aromatic heterocycles. The monoisotopic (exact) mass is 971 g/mol. The van der Waals surface area contributed by atoms with Crippen LogP contribution < -0.4 is 0 Å². The summed E-state index contributed by atoms with van der Waals surface area (Å²) in [5.41, 5.74) is 6.60. The summed E-state index contributed by atoms with van der Waals surface area (Å²) in [5.74, 6) is 0. The Morgan fingerprint density at radius 1 is 0.600 bits per heavy atom. The van der Waals surface area contributed by atoms with Crippen molar-refractivity contribution < 1.29 is 38.2 Å². The van der Waals surface area contributed by atoms with Gasteiger partial charge in [0, 0.05) is 57.0 Å². The number of rotatable bonds is 6. The van der Waals surface area contributed by atoms with E-state index >= 15 is 0 Å². The average Bonchev–Trinajstić information content (AvgIpc) is 3.70. The van der Waals surface area contributed by atoms with E-state index in [1.807, 2.05) is 108 Å². The summed E-state index contributed by atoms with van der Waals surface area (Å²) in [7, 11) is 0. The Labute approximate surface area is 383 Å². The summed E-state index contributed by atoms with van der Waals surface area (Å²) in [5, 5.41) is 4.09. The smallest absolute Gasteiger partial charge is 0.128 e. The fourth-order valence-electron chi connectivity index (χ4n) is 7.26. The summed E-state index contributed by atoms with van der Waals surface area (Å²) in [4.78, 5) is 9.05. The third-order valence-corrected chi connectivity index (χ3v) is 9.78. The van der Waals surface area contributed by atoms with Crippen LogP contribution in [0.5, 0.6) is 0 Å². The Hall–Kier alpha value is -5.67. The van der Waals surface area contributed by atoms with Crippen molar-refractivity contribution in [3.8, 4) is 44.8 Å². The van der Waals surface area contributed by atoms with E-state index in [2.05, 4.69) is 40.3 Å². The summed E-state index contributed by atoms with van der Waals surface area (Å²) in [6.45, 7) is 6.31. The normalized spacial score (nSPS) is 15.0. The minimum Gasteiger partial charge on any atom is -0.500 e. The minimum absolute atomic E-state index is 0.